The van der Waals surface area contributed by atoms with Crippen LogP contribution in [-0.2, 0) is 0 Å². The predicted molar refractivity (Wildman–Crippen MR) is 60.6 cm³/mol. The van der Waals surface area contributed by atoms with Gasteiger partial charge in [0, 0.05) is 18.1 Å². The number of aryl methyl sites for hydroxylation is 1. The molecule has 0 saturated heterocycles. The maximum Gasteiger partial charge on any atom is 0.202 e. The molecule has 1 aromatic heterocycles. The van der Waals surface area contributed by atoms with Gasteiger partial charge in [-0.3, -0.25) is 0 Å². The highest BCUT2D eigenvalue weighted by molar-refractivity contribution is 7.09. The lowest BCUT2D eigenvalue weighted by atomic mass is 10.1. The average molecular weight is 214 g/mol. The quantitative estimate of drug-likeness (QED) is 0.707. The van der Waals surface area contributed by atoms with E-state index < -0.39 is 0 Å². The Morgan fingerprint density at radius 1 is 1.57 bits per heavy atom. The molecule has 80 valence electrons. The average Bonchev–Trinajstić information content (AvgIpc) is 2.58. The van der Waals surface area contributed by atoms with Gasteiger partial charge in [0.2, 0.25) is 5.13 Å². The van der Waals surface area contributed by atoms with Crippen LogP contribution in [-0.4, -0.2) is 22.4 Å². The zero-order chi connectivity index (χ0) is 10.4. The van der Waals surface area contributed by atoms with Crippen molar-refractivity contribution in [3.8, 4) is 0 Å². The van der Waals surface area contributed by atoms with Gasteiger partial charge >= 0.3 is 0 Å². The minimum absolute atomic E-state index is 0.618. The fourth-order valence-corrected chi connectivity index (χ4v) is 1.73. The van der Waals surface area contributed by atoms with Gasteiger partial charge in [-0.05, 0) is 32.2 Å². The third kappa shape index (κ3) is 4.02. The molecule has 1 rings (SSSR count). The van der Waals surface area contributed by atoms with Crippen molar-refractivity contribution in [3.05, 3.63) is 5.82 Å². The van der Waals surface area contributed by atoms with E-state index in [-0.39, 0.29) is 0 Å². The summed E-state index contributed by atoms with van der Waals surface area (Å²) in [6.07, 6.45) is 2.30. The first-order valence-electron chi connectivity index (χ1n) is 4.96. The molecule has 0 aliphatic heterocycles. The fourth-order valence-electron chi connectivity index (χ4n) is 1.13. The summed E-state index contributed by atoms with van der Waals surface area (Å²) < 4.78 is 4.09. The van der Waals surface area contributed by atoms with Crippen molar-refractivity contribution >= 4 is 16.7 Å². The van der Waals surface area contributed by atoms with Gasteiger partial charge in [0.1, 0.15) is 5.82 Å². The Morgan fingerprint density at radius 3 is 2.93 bits per heavy atom. The Kier molecular flexibility index (Phi) is 4.82. The minimum atomic E-state index is 0.618. The highest BCUT2D eigenvalue weighted by Crippen LogP contribution is 2.10. The van der Waals surface area contributed by atoms with Gasteiger partial charge in [-0.15, -0.1) is 0 Å². The van der Waals surface area contributed by atoms with Crippen LogP contribution in [0.3, 0.4) is 0 Å². The topological polar surface area (TPSA) is 63.8 Å². The lowest BCUT2D eigenvalue weighted by Gasteiger charge is -2.07. The van der Waals surface area contributed by atoms with Gasteiger partial charge in [0.25, 0.3) is 0 Å². The molecule has 0 radical (unpaired) electrons. The van der Waals surface area contributed by atoms with Crippen molar-refractivity contribution in [2.24, 2.45) is 11.7 Å². The van der Waals surface area contributed by atoms with E-state index in [0.717, 1.165) is 30.5 Å². The van der Waals surface area contributed by atoms with Gasteiger partial charge in [-0.25, -0.2) is 4.98 Å². The fraction of sp³-hybridized carbons (Fsp3) is 0.778. The largest absolute Gasteiger partial charge is 0.360 e. The van der Waals surface area contributed by atoms with Crippen LogP contribution in [0, 0.1) is 12.8 Å². The molecule has 0 spiro atoms. The SMILES string of the molecule is Cc1nsc(NCCCC(C)CN)n1. The Balaban J connectivity index is 2.10. The standard InChI is InChI=1S/C9H18N4S/c1-7(6-10)4-3-5-11-9-12-8(2)13-14-9/h7H,3-6,10H2,1-2H3,(H,11,12,13). The molecular formula is C9H18N4S. The molecule has 1 aromatic rings. The predicted octanol–water partition coefficient (Wildman–Crippen LogP) is 1.63. The summed E-state index contributed by atoms with van der Waals surface area (Å²) in [6, 6.07) is 0. The number of nitrogens with two attached hydrogens (primary N) is 1. The Hall–Kier alpha value is -0.680. The first kappa shape index (κ1) is 11.4. The number of hydrogen-bond donors (Lipinski definition) is 2. The van der Waals surface area contributed by atoms with Crippen molar-refractivity contribution < 1.29 is 0 Å². The zero-order valence-corrected chi connectivity index (χ0v) is 9.60. The lowest BCUT2D eigenvalue weighted by molar-refractivity contribution is 0.529. The van der Waals surface area contributed by atoms with E-state index in [4.69, 9.17) is 5.73 Å². The van der Waals surface area contributed by atoms with E-state index in [1.807, 2.05) is 6.92 Å². The second-order valence-electron chi connectivity index (χ2n) is 3.56. The Morgan fingerprint density at radius 2 is 2.36 bits per heavy atom. The second kappa shape index (κ2) is 5.93. The molecule has 0 amide bonds. The van der Waals surface area contributed by atoms with E-state index in [1.165, 1.54) is 18.0 Å². The van der Waals surface area contributed by atoms with Gasteiger partial charge in [0.05, 0.1) is 0 Å². The van der Waals surface area contributed by atoms with Gasteiger partial charge in [-0.2, -0.15) is 4.37 Å². The lowest BCUT2D eigenvalue weighted by Crippen LogP contribution is -2.12. The maximum atomic E-state index is 5.53. The number of anilines is 1. The van der Waals surface area contributed by atoms with Crippen molar-refractivity contribution in [2.75, 3.05) is 18.4 Å². The van der Waals surface area contributed by atoms with E-state index in [2.05, 4.69) is 21.6 Å². The van der Waals surface area contributed by atoms with Crippen LogP contribution in [0.1, 0.15) is 25.6 Å². The molecule has 0 aliphatic carbocycles. The number of nitrogens with zero attached hydrogens (tertiary/aromatic N) is 2. The molecule has 0 aromatic carbocycles. The van der Waals surface area contributed by atoms with Crippen LogP contribution in [0.25, 0.3) is 0 Å². The van der Waals surface area contributed by atoms with Gasteiger partial charge < -0.3 is 11.1 Å². The van der Waals surface area contributed by atoms with Crippen molar-refractivity contribution in [2.45, 2.75) is 26.7 Å². The van der Waals surface area contributed by atoms with E-state index in [1.54, 1.807) is 0 Å². The van der Waals surface area contributed by atoms with Crippen molar-refractivity contribution in [1.29, 1.82) is 0 Å². The van der Waals surface area contributed by atoms with E-state index >= 15 is 0 Å². The highest BCUT2D eigenvalue weighted by Gasteiger charge is 2.00. The van der Waals surface area contributed by atoms with Crippen molar-refractivity contribution in [1.82, 2.24) is 9.36 Å². The zero-order valence-electron chi connectivity index (χ0n) is 8.79. The number of aromatic nitrogens is 2. The molecule has 0 bridgehead atoms. The molecule has 4 nitrogen and oxygen atoms in total. The summed E-state index contributed by atoms with van der Waals surface area (Å²) in [4.78, 5) is 4.22. The maximum absolute atomic E-state index is 5.53. The van der Waals surface area contributed by atoms with Gasteiger partial charge in [0.15, 0.2) is 0 Å². The first-order valence-corrected chi connectivity index (χ1v) is 5.74. The molecule has 0 saturated carbocycles. The molecular weight excluding hydrogens is 196 g/mol. The first-order chi connectivity index (χ1) is 6.72. The molecule has 0 aliphatic rings. The summed E-state index contributed by atoms with van der Waals surface area (Å²) in [6.45, 7) is 5.81. The summed E-state index contributed by atoms with van der Waals surface area (Å²) in [5.41, 5.74) is 5.53. The monoisotopic (exact) mass is 214 g/mol. The molecule has 5 heteroatoms. The number of rotatable bonds is 6. The summed E-state index contributed by atoms with van der Waals surface area (Å²) in [5.74, 6) is 1.46. The van der Waals surface area contributed by atoms with Crippen LogP contribution < -0.4 is 11.1 Å². The summed E-state index contributed by atoms with van der Waals surface area (Å²) in [7, 11) is 0. The molecule has 0 fully saturated rings. The molecule has 3 N–H and O–H groups in total. The number of nitrogens with one attached hydrogen (secondary N) is 1. The second-order valence-corrected chi connectivity index (χ2v) is 4.31. The van der Waals surface area contributed by atoms with Crippen LogP contribution in [0.15, 0.2) is 0 Å². The van der Waals surface area contributed by atoms with Crippen LogP contribution >= 0.6 is 11.5 Å². The van der Waals surface area contributed by atoms with Crippen LogP contribution in [0.4, 0.5) is 5.13 Å². The third-order valence-corrected chi connectivity index (χ3v) is 2.84. The Labute approximate surface area is 89.1 Å². The minimum Gasteiger partial charge on any atom is -0.360 e. The van der Waals surface area contributed by atoms with Crippen LogP contribution in [0.5, 0.6) is 0 Å². The molecule has 1 atom stereocenters. The van der Waals surface area contributed by atoms with E-state index in [9.17, 15) is 0 Å². The molecule has 1 unspecified atom stereocenters. The van der Waals surface area contributed by atoms with E-state index in [0.29, 0.717) is 5.92 Å². The molecule has 1 heterocycles. The van der Waals surface area contributed by atoms with Gasteiger partial charge in [-0.1, -0.05) is 6.92 Å². The summed E-state index contributed by atoms with van der Waals surface area (Å²) >= 11 is 1.42. The smallest absolute Gasteiger partial charge is 0.202 e. The summed E-state index contributed by atoms with van der Waals surface area (Å²) in [5, 5.41) is 4.17. The Bertz CT molecular complexity index is 261. The number of hydrogen-bond acceptors (Lipinski definition) is 5. The van der Waals surface area contributed by atoms with Crippen LogP contribution in [0.2, 0.25) is 0 Å². The van der Waals surface area contributed by atoms with Crippen molar-refractivity contribution in [3.63, 3.8) is 0 Å². The highest BCUT2D eigenvalue weighted by atomic mass is 32.1. The third-order valence-electron chi connectivity index (χ3n) is 2.08. The normalized spacial score (nSPS) is 12.8. The molecule has 14 heavy (non-hydrogen) atoms.